The first kappa shape index (κ1) is 15.3. The largest absolute Gasteiger partial charge is 0.339 e. The molecule has 1 heterocycles. The van der Waals surface area contributed by atoms with Crippen LogP contribution in [0.25, 0.3) is 0 Å². The highest BCUT2D eigenvalue weighted by Gasteiger charge is 2.23. The zero-order valence-electron chi connectivity index (χ0n) is 12.0. The molecule has 2 aliphatic rings. The van der Waals surface area contributed by atoms with Gasteiger partial charge in [0.05, 0.1) is 0 Å². The lowest BCUT2D eigenvalue weighted by Gasteiger charge is -2.31. The molecule has 20 heavy (non-hydrogen) atoms. The van der Waals surface area contributed by atoms with E-state index in [1.54, 1.807) is 0 Å². The molecule has 0 saturated carbocycles. The first-order valence-corrected chi connectivity index (χ1v) is 7.35. The highest BCUT2D eigenvalue weighted by atomic mass is 35.5. The number of carbonyl (C=O) groups excluding carboxylic acids is 1. The summed E-state index contributed by atoms with van der Waals surface area (Å²) >= 11 is 0. The molecule has 1 fully saturated rings. The smallest absolute Gasteiger partial charge is 0.253 e. The Morgan fingerprint density at radius 3 is 2.65 bits per heavy atom. The summed E-state index contributed by atoms with van der Waals surface area (Å²) in [7, 11) is 1.95. The molecule has 110 valence electrons. The van der Waals surface area contributed by atoms with Crippen LogP contribution in [0.2, 0.25) is 0 Å². The maximum atomic E-state index is 12.5. The van der Waals surface area contributed by atoms with E-state index in [2.05, 4.69) is 17.4 Å². The second kappa shape index (κ2) is 6.59. The summed E-state index contributed by atoms with van der Waals surface area (Å²) in [4.78, 5) is 14.5. The summed E-state index contributed by atoms with van der Waals surface area (Å²) in [5.74, 6) is 0.182. The molecule has 0 bridgehead atoms. The summed E-state index contributed by atoms with van der Waals surface area (Å²) in [6.45, 7) is 2.04. The summed E-state index contributed by atoms with van der Waals surface area (Å²) in [5.41, 5.74) is 3.67. The Bertz CT molecular complexity index is 483. The third-order valence-corrected chi connectivity index (χ3v) is 4.52. The predicted octanol–water partition coefficient (Wildman–Crippen LogP) is 2.42. The van der Waals surface area contributed by atoms with Crippen molar-refractivity contribution >= 4 is 18.3 Å². The van der Waals surface area contributed by atoms with Gasteiger partial charge in [-0.25, -0.2) is 0 Å². The van der Waals surface area contributed by atoms with Crippen molar-refractivity contribution in [3.63, 3.8) is 0 Å². The summed E-state index contributed by atoms with van der Waals surface area (Å²) in [6, 6.07) is 6.65. The van der Waals surface area contributed by atoms with Gasteiger partial charge in [0.25, 0.3) is 5.91 Å². The fraction of sp³-hybridized carbons (Fsp3) is 0.562. The van der Waals surface area contributed by atoms with Crippen LogP contribution in [-0.4, -0.2) is 37.0 Å². The van der Waals surface area contributed by atoms with E-state index in [0.29, 0.717) is 6.04 Å². The molecule has 3 rings (SSSR count). The van der Waals surface area contributed by atoms with E-state index in [4.69, 9.17) is 0 Å². The van der Waals surface area contributed by atoms with Crippen molar-refractivity contribution in [2.75, 3.05) is 20.1 Å². The van der Waals surface area contributed by atoms with Crippen molar-refractivity contribution in [3.8, 4) is 0 Å². The number of hydrogen-bond donors (Lipinski definition) is 1. The molecule has 0 spiro atoms. The molecular formula is C16H23ClN2O. The predicted molar refractivity (Wildman–Crippen MR) is 83.7 cm³/mol. The van der Waals surface area contributed by atoms with Gasteiger partial charge in [0.15, 0.2) is 0 Å². The Hall–Kier alpha value is -1.06. The van der Waals surface area contributed by atoms with E-state index in [1.165, 1.54) is 24.0 Å². The number of carbonyl (C=O) groups is 1. The van der Waals surface area contributed by atoms with Crippen LogP contribution < -0.4 is 5.32 Å². The fourth-order valence-electron chi connectivity index (χ4n) is 3.27. The minimum absolute atomic E-state index is 0. The minimum Gasteiger partial charge on any atom is -0.339 e. The Labute approximate surface area is 127 Å². The van der Waals surface area contributed by atoms with Crippen molar-refractivity contribution in [1.82, 2.24) is 10.2 Å². The molecule has 0 unspecified atom stereocenters. The molecule has 1 aliphatic heterocycles. The number of fused-ring (bicyclic) bond motifs is 1. The second-order valence-corrected chi connectivity index (χ2v) is 5.73. The number of halogens is 1. The van der Waals surface area contributed by atoms with Crippen LogP contribution in [0.5, 0.6) is 0 Å². The number of rotatable bonds is 2. The number of benzene rings is 1. The van der Waals surface area contributed by atoms with Crippen molar-refractivity contribution in [2.45, 2.75) is 38.1 Å². The molecule has 1 amide bonds. The number of nitrogens with zero attached hydrogens (tertiary/aromatic N) is 1. The van der Waals surface area contributed by atoms with Crippen molar-refractivity contribution in [3.05, 3.63) is 34.9 Å². The molecule has 0 aromatic heterocycles. The maximum Gasteiger partial charge on any atom is 0.253 e. The van der Waals surface area contributed by atoms with Crippen LogP contribution in [0, 0.1) is 0 Å². The molecule has 1 aromatic carbocycles. The summed E-state index contributed by atoms with van der Waals surface area (Å²) in [5, 5.41) is 3.34. The van der Waals surface area contributed by atoms with Gasteiger partial charge in [0, 0.05) is 18.7 Å². The molecule has 1 aromatic rings. The summed E-state index contributed by atoms with van der Waals surface area (Å²) in [6.07, 6.45) is 5.67. The first-order valence-electron chi connectivity index (χ1n) is 7.35. The minimum atomic E-state index is 0. The van der Waals surface area contributed by atoms with Crippen molar-refractivity contribution < 1.29 is 4.79 Å². The lowest BCUT2D eigenvalue weighted by atomic mass is 10.0. The molecular weight excluding hydrogens is 272 g/mol. The number of nitrogens with one attached hydrogen (secondary N) is 1. The van der Waals surface area contributed by atoms with E-state index in [9.17, 15) is 4.79 Å². The molecule has 1 aliphatic carbocycles. The molecule has 1 N–H and O–H groups in total. The van der Waals surface area contributed by atoms with Crippen LogP contribution in [0.1, 0.15) is 40.7 Å². The third kappa shape index (κ3) is 2.99. The van der Waals surface area contributed by atoms with Crippen LogP contribution in [-0.2, 0) is 12.8 Å². The van der Waals surface area contributed by atoms with Crippen LogP contribution in [0.3, 0.4) is 0 Å². The standard InChI is InChI=1S/C16H22N2O.ClH/c1-18(15-7-9-17-10-8-15)16(19)14-6-5-12-3-2-4-13(12)11-14;/h5-6,11,15,17H,2-4,7-10H2,1H3;1H. The van der Waals surface area contributed by atoms with Gasteiger partial charge in [0.1, 0.15) is 0 Å². The van der Waals surface area contributed by atoms with E-state index in [1.807, 2.05) is 18.0 Å². The normalized spacial score (nSPS) is 18.2. The Morgan fingerprint density at radius 2 is 1.90 bits per heavy atom. The van der Waals surface area contributed by atoms with E-state index >= 15 is 0 Å². The molecule has 4 heteroatoms. The maximum absolute atomic E-state index is 12.5. The molecule has 3 nitrogen and oxygen atoms in total. The molecule has 0 atom stereocenters. The van der Waals surface area contributed by atoms with Gasteiger partial charge >= 0.3 is 0 Å². The first-order chi connectivity index (χ1) is 9.25. The zero-order chi connectivity index (χ0) is 13.2. The summed E-state index contributed by atoms with van der Waals surface area (Å²) < 4.78 is 0. The lowest BCUT2D eigenvalue weighted by Crippen LogP contribution is -2.43. The zero-order valence-corrected chi connectivity index (χ0v) is 12.8. The van der Waals surface area contributed by atoms with E-state index < -0.39 is 0 Å². The number of amides is 1. The van der Waals surface area contributed by atoms with Gasteiger partial charge < -0.3 is 10.2 Å². The van der Waals surface area contributed by atoms with Crippen LogP contribution in [0.15, 0.2) is 18.2 Å². The highest BCUT2D eigenvalue weighted by Crippen LogP contribution is 2.24. The topological polar surface area (TPSA) is 32.3 Å². The highest BCUT2D eigenvalue weighted by molar-refractivity contribution is 5.94. The van der Waals surface area contributed by atoms with Gasteiger partial charge in [-0.15, -0.1) is 12.4 Å². The Kier molecular flexibility index (Phi) is 5.06. The Morgan fingerprint density at radius 1 is 1.20 bits per heavy atom. The average molecular weight is 295 g/mol. The SMILES string of the molecule is CN(C(=O)c1ccc2c(c1)CCC2)C1CCNCC1.Cl. The average Bonchev–Trinajstić information content (AvgIpc) is 2.94. The molecule has 1 saturated heterocycles. The Balaban J connectivity index is 0.00000147. The van der Waals surface area contributed by atoms with Crippen LogP contribution in [0.4, 0.5) is 0 Å². The number of hydrogen-bond acceptors (Lipinski definition) is 2. The lowest BCUT2D eigenvalue weighted by molar-refractivity contribution is 0.0703. The van der Waals surface area contributed by atoms with Gasteiger partial charge in [0.2, 0.25) is 0 Å². The van der Waals surface area contributed by atoms with Crippen molar-refractivity contribution in [2.24, 2.45) is 0 Å². The fourth-order valence-corrected chi connectivity index (χ4v) is 3.27. The van der Waals surface area contributed by atoms with E-state index in [0.717, 1.165) is 37.9 Å². The monoisotopic (exact) mass is 294 g/mol. The van der Waals surface area contributed by atoms with Gasteiger partial charge in [-0.05, 0) is 68.5 Å². The van der Waals surface area contributed by atoms with Gasteiger partial charge in [-0.2, -0.15) is 0 Å². The van der Waals surface area contributed by atoms with Crippen molar-refractivity contribution in [1.29, 1.82) is 0 Å². The number of piperidine rings is 1. The number of aryl methyl sites for hydroxylation is 2. The second-order valence-electron chi connectivity index (χ2n) is 5.73. The molecule has 0 radical (unpaired) electrons. The third-order valence-electron chi connectivity index (χ3n) is 4.52. The van der Waals surface area contributed by atoms with Crippen LogP contribution >= 0.6 is 12.4 Å². The van der Waals surface area contributed by atoms with Gasteiger partial charge in [-0.1, -0.05) is 6.07 Å². The van der Waals surface area contributed by atoms with Gasteiger partial charge in [-0.3, -0.25) is 4.79 Å². The quantitative estimate of drug-likeness (QED) is 0.908. The van der Waals surface area contributed by atoms with E-state index in [-0.39, 0.29) is 18.3 Å².